The van der Waals surface area contributed by atoms with Crippen LogP contribution in [-0.2, 0) is 0 Å². The first-order valence-corrected chi connectivity index (χ1v) is 6.53. The lowest BCUT2D eigenvalue weighted by Gasteiger charge is -2.11. The number of nitrogens with one attached hydrogen (secondary N) is 1. The predicted molar refractivity (Wildman–Crippen MR) is 84.8 cm³/mol. The van der Waals surface area contributed by atoms with Crippen molar-refractivity contribution in [3.05, 3.63) is 53.1 Å². The second kappa shape index (κ2) is 5.80. The summed E-state index contributed by atoms with van der Waals surface area (Å²) in [4.78, 5) is 12.4. The summed E-state index contributed by atoms with van der Waals surface area (Å²) in [6.07, 6.45) is 0. The fourth-order valence-corrected chi connectivity index (χ4v) is 1.93. The first-order valence-electron chi connectivity index (χ1n) is 6.12. The molecular weight excluding hydrogens is 288 g/mol. The number of carbonyl (C=O) groups is 1. The third-order valence-corrected chi connectivity index (χ3v) is 3.23. The van der Waals surface area contributed by atoms with E-state index < -0.39 is 5.91 Å². The van der Waals surface area contributed by atoms with Crippen LogP contribution in [0.3, 0.4) is 0 Å². The average Bonchev–Trinajstić information content (AvgIpc) is 2.43. The molecule has 5 nitrogen and oxygen atoms in total. The van der Waals surface area contributed by atoms with Gasteiger partial charge in [0, 0.05) is 11.3 Å². The zero-order valence-electron chi connectivity index (χ0n) is 11.3. The summed E-state index contributed by atoms with van der Waals surface area (Å²) >= 11 is 4.90. The quantitative estimate of drug-likeness (QED) is 0.515. The maximum Gasteiger partial charge on any atom is 0.259 e. The molecular formula is C15H14N2O3S. The lowest BCUT2D eigenvalue weighted by molar-refractivity contribution is 0.102. The zero-order chi connectivity index (χ0) is 15.6. The van der Waals surface area contributed by atoms with Crippen LogP contribution in [0.5, 0.6) is 11.5 Å². The molecule has 6 heteroatoms. The molecule has 0 atom stereocenters. The van der Waals surface area contributed by atoms with Crippen LogP contribution in [0.25, 0.3) is 0 Å². The number of anilines is 1. The fourth-order valence-electron chi connectivity index (χ4n) is 1.81. The van der Waals surface area contributed by atoms with Gasteiger partial charge in [-0.1, -0.05) is 24.4 Å². The van der Waals surface area contributed by atoms with Crippen molar-refractivity contribution >= 4 is 28.8 Å². The number of hydrogen-bond acceptors (Lipinski definition) is 4. The molecule has 1 amide bonds. The Labute approximate surface area is 127 Å². The van der Waals surface area contributed by atoms with Gasteiger partial charge in [-0.2, -0.15) is 0 Å². The highest BCUT2D eigenvalue weighted by Gasteiger charge is 2.13. The Bertz CT molecular complexity index is 729. The predicted octanol–water partition coefficient (Wildman–Crippen LogP) is 2.29. The summed E-state index contributed by atoms with van der Waals surface area (Å²) in [7, 11) is 0. The minimum atomic E-state index is -0.536. The number of phenols is 2. The molecule has 0 bridgehead atoms. The number of carbonyl (C=O) groups excluding carboxylic acids is 1. The van der Waals surface area contributed by atoms with Crippen molar-refractivity contribution in [2.24, 2.45) is 5.73 Å². The van der Waals surface area contributed by atoms with Crippen LogP contribution in [-0.4, -0.2) is 21.1 Å². The van der Waals surface area contributed by atoms with E-state index in [9.17, 15) is 15.0 Å². The van der Waals surface area contributed by atoms with Gasteiger partial charge < -0.3 is 21.3 Å². The summed E-state index contributed by atoms with van der Waals surface area (Å²) in [5.41, 5.74) is 7.53. The van der Waals surface area contributed by atoms with E-state index >= 15 is 0 Å². The molecule has 0 aliphatic rings. The van der Waals surface area contributed by atoms with Gasteiger partial charge in [0.05, 0.1) is 5.56 Å². The van der Waals surface area contributed by atoms with Crippen LogP contribution in [0, 0.1) is 6.92 Å². The fraction of sp³-hybridized carbons (Fsp3) is 0.0667. The minimum Gasteiger partial charge on any atom is -0.508 e. The smallest absolute Gasteiger partial charge is 0.259 e. The van der Waals surface area contributed by atoms with Crippen molar-refractivity contribution in [3.8, 4) is 11.5 Å². The molecule has 108 valence electrons. The first-order chi connectivity index (χ1) is 9.88. The summed E-state index contributed by atoms with van der Waals surface area (Å²) in [6, 6.07) is 8.95. The highest BCUT2D eigenvalue weighted by Crippen LogP contribution is 2.24. The van der Waals surface area contributed by atoms with Gasteiger partial charge in [-0.15, -0.1) is 0 Å². The number of thiocarbonyl (C=S) groups is 1. The molecule has 0 fully saturated rings. The van der Waals surface area contributed by atoms with E-state index in [1.54, 1.807) is 18.2 Å². The summed E-state index contributed by atoms with van der Waals surface area (Å²) in [5, 5.41) is 21.7. The lowest BCUT2D eigenvalue weighted by Crippen LogP contribution is -2.15. The maximum absolute atomic E-state index is 12.2. The van der Waals surface area contributed by atoms with E-state index in [0.717, 1.165) is 5.56 Å². The van der Waals surface area contributed by atoms with Crippen LogP contribution >= 0.6 is 12.2 Å². The summed E-state index contributed by atoms with van der Waals surface area (Å²) in [6.45, 7) is 1.82. The van der Waals surface area contributed by atoms with Crippen molar-refractivity contribution in [2.45, 2.75) is 6.92 Å². The summed E-state index contributed by atoms with van der Waals surface area (Å²) in [5.74, 6) is -0.855. The van der Waals surface area contributed by atoms with E-state index in [0.29, 0.717) is 11.3 Å². The van der Waals surface area contributed by atoms with Gasteiger partial charge in [0.2, 0.25) is 0 Å². The van der Waals surface area contributed by atoms with Crippen molar-refractivity contribution < 1.29 is 15.0 Å². The second-order valence-corrected chi connectivity index (χ2v) is 4.99. The van der Waals surface area contributed by atoms with E-state index in [4.69, 9.17) is 18.0 Å². The third-order valence-electron chi connectivity index (χ3n) is 3.00. The van der Waals surface area contributed by atoms with Crippen molar-refractivity contribution in [1.29, 1.82) is 0 Å². The average molecular weight is 302 g/mol. The van der Waals surface area contributed by atoms with Gasteiger partial charge in [0.15, 0.2) is 0 Å². The number of aryl methyl sites for hydroxylation is 1. The van der Waals surface area contributed by atoms with Gasteiger partial charge >= 0.3 is 0 Å². The van der Waals surface area contributed by atoms with Crippen molar-refractivity contribution in [3.63, 3.8) is 0 Å². The number of phenolic OH excluding ortho intramolecular Hbond substituents is 2. The highest BCUT2D eigenvalue weighted by molar-refractivity contribution is 7.80. The highest BCUT2D eigenvalue weighted by atomic mass is 32.1. The molecule has 0 saturated carbocycles. The molecule has 0 saturated heterocycles. The number of aromatic hydroxyl groups is 2. The topological polar surface area (TPSA) is 95.6 Å². The monoisotopic (exact) mass is 302 g/mol. The first kappa shape index (κ1) is 14.8. The molecule has 0 aliphatic heterocycles. The van der Waals surface area contributed by atoms with Gasteiger partial charge in [-0.05, 0) is 36.8 Å². The van der Waals surface area contributed by atoms with Gasteiger partial charge in [0.25, 0.3) is 5.91 Å². The SMILES string of the molecule is Cc1ccc(C(N)=S)cc1NC(=O)c1cc(O)ccc1O. The number of rotatable bonds is 3. The molecule has 0 unspecified atom stereocenters. The van der Waals surface area contributed by atoms with E-state index in [2.05, 4.69) is 5.32 Å². The lowest BCUT2D eigenvalue weighted by atomic mass is 10.1. The molecule has 2 aromatic carbocycles. The maximum atomic E-state index is 12.2. The standard InChI is InChI=1S/C15H14N2O3S/c1-8-2-3-9(14(16)21)6-12(8)17-15(20)11-7-10(18)4-5-13(11)19/h2-7,18-19H,1H3,(H2,16,21)(H,17,20). The number of nitrogens with two attached hydrogens (primary N) is 1. The largest absolute Gasteiger partial charge is 0.508 e. The Morgan fingerprint density at radius 2 is 1.90 bits per heavy atom. The Morgan fingerprint density at radius 1 is 1.19 bits per heavy atom. The minimum absolute atomic E-state index is 0.0184. The van der Waals surface area contributed by atoms with Crippen molar-refractivity contribution in [1.82, 2.24) is 0 Å². The zero-order valence-corrected chi connectivity index (χ0v) is 12.1. The Balaban J connectivity index is 2.33. The molecule has 0 aliphatic carbocycles. The van der Waals surface area contributed by atoms with Crippen LogP contribution < -0.4 is 11.1 Å². The second-order valence-electron chi connectivity index (χ2n) is 4.55. The van der Waals surface area contributed by atoms with Gasteiger partial charge in [0.1, 0.15) is 16.5 Å². The molecule has 5 N–H and O–H groups in total. The van der Waals surface area contributed by atoms with Gasteiger partial charge in [-0.25, -0.2) is 0 Å². The van der Waals surface area contributed by atoms with Crippen LogP contribution in [0.15, 0.2) is 36.4 Å². The Kier molecular flexibility index (Phi) is 4.09. The molecule has 0 heterocycles. The molecule has 2 rings (SSSR count). The van der Waals surface area contributed by atoms with Crippen LogP contribution in [0.2, 0.25) is 0 Å². The van der Waals surface area contributed by atoms with Crippen LogP contribution in [0.1, 0.15) is 21.5 Å². The molecule has 0 spiro atoms. The summed E-state index contributed by atoms with van der Waals surface area (Å²) < 4.78 is 0. The molecule has 21 heavy (non-hydrogen) atoms. The third kappa shape index (κ3) is 3.29. The number of amides is 1. The Hall–Kier alpha value is -2.60. The molecule has 0 aromatic heterocycles. The number of benzene rings is 2. The van der Waals surface area contributed by atoms with E-state index in [1.807, 2.05) is 6.92 Å². The van der Waals surface area contributed by atoms with E-state index in [1.165, 1.54) is 18.2 Å². The molecule has 0 radical (unpaired) electrons. The van der Waals surface area contributed by atoms with Gasteiger partial charge in [-0.3, -0.25) is 4.79 Å². The normalized spacial score (nSPS) is 10.1. The Morgan fingerprint density at radius 3 is 2.57 bits per heavy atom. The van der Waals surface area contributed by atoms with E-state index in [-0.39, 0.29) is 22.1 Å². The van der Waals surface area contributed by atoms with Crippen LogP contribution in [0.4, 0.5) is 5.69 Å². The van der Waals surface area contributed by atoms with Crippen molar-refractivity contribution in [2.75, 3.05) is 5.32 Å². The molecule has 2 aromatic rings. The number of hydrogen-bond donors (Lipinski definition) is 4.